The Morgan fingerprint density at radius 3 is 2.89 bits per heavy atom. The summed E-state index contributed by atoms with van der Waals surface area (Å²) >= 11 is 0. The predicted molar refractivity (Wildman–Crippen MR) is 74.7 cm³/mol. The van der Waals surface area contributed by atoms with E-state index in [9.17, 15) is 4.79 Å². The Hall–Kier alpha value is -1.35. The van der Waals surface area contributed by atoms with Gasteiger partial charge in [-0.25, -0.2) is 0 Å². The van der Waals surface area contributed by atoms with E-state index in [-0.39, 0.29) is 11.8 Å². The van der Waals surface area contributed by atoms with Crippen molar-refractivity contribution >= 4 is 11.6 Å². The standard InChI is InChI=1S/C15H22N2O/c1-4-11(2)15(18)17-10-9-13(16-3)12-7-5-6-8-14(12)17/h5-8,11,13,16H,4,9-10H2,1-3H3. The van der Waals surface area contributed by atoms with Crippen LogP contribution < -0.4 is 10.2 Å². The third kappa shape index (κ3) is 2.27. The number of para-hydroxylation sites is 1. The molecule has 1 aromatic carbocycles. The number of carbonyl (C=O) groups is 1. The normalized spacial score (nSPS) is 20.4. The molecule has 0 aliphatic carbocycles. The van der Waals surface area contributed by atoms with E-state index in [0.29, 0.717) is 6.04 Å². The summed E-state index contributed by atoms with van der Waals surface area (Å²) in [6, 6.07) is 8.59. The molecule has 2 atom stereocenters. The molecule has 0 spiro atoms. The van der Waals surface area contributed by atoms with Crippen LogP contribution in [0.5, 0.6) is 0 Å². The van der Waals surface area contributed by atoms with Crippen molar-refractivity contribution in [2.75, 3.05) is 18.5 Å². The van der Waals surface area contributed by atoms with Gasteiger partial charge in [0.1, 0.15) is 0 Å². The molecule has 2 unspecified atom stereocenters. The summed E-state index contributed by atoms with van der Waals surface area (Å²) in [6.07, 6.45) is 1.88. The number of rotatable bonds is 3. The Morgan fingerprint density at radius 2 is 2.22 bits per heavy atom. The topological polar surface area (TPSA) is 32.3 Å². The average molecular weight is 246 g/mol. The summed E-state index contributed by atoms with van der Waals surface area (Å²) in [5, 5.41) is 3.32. The zero-order valence-electron chi connectivity index (χ0n) is 11.4. The molecule has 0 saturated carbocycles. The van der Waals surface area contributed by atoms with Crippen LogP contribution in [0.3, 0.4) is 0 Å². The highest BCUT2D eigenvalue weighted by Gasteiger charge is 2.29. The Morgan fingerprint density at radius 1 is 1.50 bits per heavy atom. The fourth-order valence-corrected chi connectivity index (χ4v) is 2.53. The molecular weight excluding hydrogens is 224 g/mol. The van der Waals surface area contributed by atoms with Crippen molar-refractivity contribution in [2.45, 2.75) is 32.7 Å². The van der Waals surface area contributed by atoms with Crippen LogP contribution in [0.15, 0.2) is 24.3 Å². The SMILES string of the molecule is CCC(C)C(=O)N1CCC(NC)c2ccccc21. The van der Waals surface area contributed by atoms with Gasteiger partial charge in [-0.05, 0) is 31.5 Å². The molecule has 1 aliphatic heterocycles. The number of benzene rings is 1. The predicted octanol–water partition coefficient (Wildman–Crippen LogP) is 2.73. The van der Waals surface area contributed by atoms with Crippen molar-refractivity contribution < 1.29 is 4.79 Å². The molecule has 0 bridgehead atoms. The molecule has 1 aromatic rings. The summed E-state index contributed by atoms with van der Waals surface area (Å²) in [5.41, 5.74) is 2.32. The van der Waals surface area contributed by atoms with Gasteiger partial charge in [0.2, 0.25) is 5.91 Å². The lowest BCUT2D eigenvalue weighted by molar-refractivity contribution is -0.122. The van der Waals surface area contributed by atoms with E-state index >= 15 is 0 Å². The van der Waals surface area contributed by atoms with Crippen molar-refractivity contribution in [1.82, 2.24) is 5.32 Å². The number of fused-ring (bicyclic) bond motifs is 1. The van der Waals surface area contributed by atoms with Crippen LogP contribution in [-0.4, -0.2) is 19.5 Å². The second kappa shape index (κ2) is 5.53. The molecule has 2 rings (SSSR count). The van der Waals surface area contributed by atoms with Crippen molar-refractivity contribution in [1.29, 1.82) is 0 Å². The number of carbonyl (C=O) groups excluding carboxylic acids is 1. The van der Waals surface area contributed by atoms with Gasteiger partial charge in [0, 0.05) is 24.2 Å². The van der Waals surface area contributed by atoms with E-state index in [1.54, 1.807) is 0 Å². The van der Waals surface area contributed by atoms with Crippen molar-refractivity contribution in [3.05, 3.63) is 29.8 Å². The van der Waals surface area contributed by atoms with Gasteiger partial charge < -0.3 is 10.2 Å². The first-order chi connectivity index (χ1) is 8.69. The van der Waals surface area contributed by atoms with E-state index in [1.807, 2.05) is 31.0 Å². The molecular formula is C15H22N2O. The highest BCUT2D eigenvalue weighted by atomic mass is 16.2. The van der Waals surface area contributed by atoms with Gasteiger partial charge in [-0.1, -0.05) is 32.0 Å². The van der Waals surface area contributed by atoms with Crippen molar-refractivity contribution in [2.24, 2.45) is 5.92 Å². The van der Waals surface area contributed by atoms with Gasteiger partial charge in [-0.15, -0.1) is 0 Å². The fraction of sp³-hybridized carbons (Fsp3) is 0.533. The van der Waals surface area contributed by atoms with E-state index in [1.165, 1.54) is 5.56 Å². The molecule has 1 amide bonds. The highest BCUT2D eigenvalue weighted by Crippen LogP contribution is 2.34. The number of anilines is 1. The average Bonchev–Trinajstić information content (AvgIpc) is 2.44. The molecule has 1 N–H and O–H groups in total. The number of nitrogens with one attached hydrogen (secondary N) is 1. The van der Waals surface area contributed by atoms with Crippen LogP contribution in [0.2, 0.25) is 0 Å². The monoisotopic (exact) mass is 246 g/mol. The van der Waals surface area contributed by atoms with E-state index < -0.39 is 0 Å². The first-order valence-corrected chi connectivity index (χ1v) is 6.76. The molecule has 1 aliphatic rings. The summed E-state index contributed by atoms with van der Waals surface area (Å²) in [7, 11) is 1.98. The van der Waals surface area contributed by atoms with Crippen LogP contribution in [0.1, 0.15) is 38.3 Å². The first kappa shape index (κ1) is 13.1. The zero-order chi connectivity index (χ0) is 13.1. The Kier molecular flexibility index (Phi) is 4.02. The van der Waals surface area contributed by atoms with Gasteiger partial charge in [-0.3, -0.25) is 4.79 Å². The van der Waals surface area contributed by atoms with E-state index in [2.05, 4.69) is 24.4 Å². The second-order valence-electron chi connectivity index (χ2n) is 4.99. The van der Waals surface area contributed by atoms with Crippen LogP contribution in [-0.2, 0) is 4.79 Å². The van der Waals surface area contributed by atoms with Crippen LogP contribution in [0.4, 0.5) is 5.69 Å². The van der Waals surface area contributed by atoms with Crippen molar-refractivity contribution in [3.8, 4) is 0 Å². The van der Waals surface area contributed by atoms with Crippen LogP contribution >= 0.6 is 0 Å². The second-order valence-corrected chi connectivity index (χ2v) is 4.99. The lowest BCUT2D eigenvalue weighted by atomic mass is 9.95. The minimum Gasteiger partial charge on any atom is -0.313 e. The van der Waals surface area contributed by atoms with Crippen LogP contribution in [0, 0.1) is 5.92 Å². The minimum absolute atomic E-state index is 0.101. The van der Waals surface area contributed by atoms with Gasteiger partial charge in [0.15, 0.2) is 0 Å². The zero-order valence-corrected chi connectivity index (χ0v) is 11.4. The van der Waals surface area contributed by atoms with Crippen LogP contribution in [0.25, 0.3) is 0 Å². The van der Waals surface area contributed by atoms with Gasteiger partial charge in [0.05, 0.1) is 0 Å². The van der Waals surface area contributed by atoms with Gasteiger partial charge in [-0.2, -0.15) is 0 Å². The van der Waals surface area contributed by atoms with Crippen molar-refractivity contribution in [3.63, 3.8) is 0 Å². The van der Waals surface area contributed by atoms with E-state index in [4.69, 9.17) is 0 Å². The summed E-state index contributed by atoms with van der Waals surface area (Å²) < 4.78 is 0. The number of amides is 1. The molecule has 0 fully saturated rings. The smallest absolute Gasteiger partial charge is 0.229 e. The molecule has 0 radical (unpaired) electrons. The largest absolute Gasteiger partial charge is 0.313 e. The lowest BCUT2D eigenvalue weighted by Crippen LogP contribution is -2.41. The summed E-state index contributed by atoms with van der Waals surface area (Å²) in [4.78, 5) is 14.3. The van der Waals surface area contributed by atoms with Gasteiger partial charge >= 0.3 is 0 Å². The molecule has 3 nitrogen and oxygen atoms in total. The maximum Gasteiger partial charge on any atom is 0.229 e. The number of hydrogen-bond acceptors (Lipinski definition) is 2. The molecule has 0 aromatic heterocycles. The quantitative estimate of drug-likeness (QED) is 0.889. The fourth-order valence-electron chi connectivity index (χ4n) is 2.53. The Labute approximate surface area is 109 Å². The third-order valence-electron chi connectivity index (χ3n) is 3.89. The summed E-state index contributed by atoms with van der Waals surface area (Å²) in [5.74, 6) is 0.351. The van der Waals surface area contributed by atoms with Gasteiger partial charge in [0.25, 0.3) is 0 Å². The maximum absolute atomic E-state index is 12.4. The lowest BCUT2D eigenvalue weighted by Gasteiger charge is -2.35. The minimum atomic E-state index is 0.101. The number of hydrogen-bond donors (Lipinski definition) is 1. The third-order valence-corrected chi connectivity index (χ3v) is 3.89. The Balaban J connectivity index is 2.33. The highest BCUT2D eigenvalue weighted by molar-refractivity contribution is 5.96. The maximum atomic E-state index is 12.4. The number of nitrogens with zero attached hydrogens (tertiary/aromatic N) is 1. The molecule has 0 saturated heterocycles. The molecule has 98 valence electrons. The first-order valence-electron chi connectivity index (χ1n) is 6.76. The molecule has 18 heavy (non-hydrogen) atoms. The molecule has 3 heteroatoms. The molecule has 1 heterocycles. The Bertz CT molecular complexity index is 430. The van der Waals surface area contributed by atoms with E-state index in [0.717, 1.165) is 25.1 Å². The summed E-state index contributed by atoms with van der Waals surface area (Å²) in [6.45, 7) is 4.88.